The summed E-state index contributed by atoms with van der Waals surface area (Å²) < 4.78 is 4.85. The molecule has 0 aliphatic carbocycles. The number of likely N-dealkylation sites (tertiary alicyclic amines) is 1. The first-order valence-electron chi connectivity index (χ1n) is 5.61. The number of aryl methyl sites for hydroxylation is 1. The molecule has 1 fully saturated rings. The second kappa shape index (κ2) is 5.03. The Kier molecular flexibility index (Phi) is 3.45. The van der Waals surface area contributed by atoms with E-state index in [1.165, 1.54) is 4.90 Å². The Balaban J connectivity index is 1.80. The molecule has 98 valence electrons. The van der Waals surface area contributed by atoms with E-state index in [2.05, 4.69) is 15.5 Å². The smallest absolute Gasteiger partial charge is 0.317 e. The highest BCUT2D eigenvalue weighted by Gasteiger charge is 2.30. The molecule has 0 saturated carbocycles. The SMILES string of the molecule is Cc1noc(CNC(=O)N2CCC(C(=O)O)C2)n1. The van der Waals surface area contributed by atoms with Crippen molar-refractivity contribution in [3.8, 4) is 0 Å². The number of carbonyl (C=O) groups is 2. The lowest BCUT2D eigenvalue weighted by molar-refractivity contribution is -0.141. The van der Waals surface area contributed by atoms with Crippen LogP contribution in [-0.4, -0.2) is 45.2 Å². The summed E-state index contributed by atoms with van der Waals surface area (Å²) in [5, 5.41) is 15.0. The van der Waals surface area contributed by atoms with E-state index in [4.69, 9.17) is 9.63 Å². The number of hydrogen-bond donors (Lipinski definition) is 2. The highest BCUT2D eigenvalue weighted by atomic mass is 16.5. The number of aromatic nitrogens is 2. The molecule has 2 heterocycles. The number of aliphatic carboxylic acids is 1. The van der Waals surface area contributed by atoms with E-state index in [9.17, 15) is 9.59 Å². The molecule has 2 rings (SSSR count). The molecule has 2 amide bonds. The molecule has 0 bridgehead atoms. The number of nitrogens with zero attached hydrogens (tertiary/aromatic N) is 3. The van der Waals surface area contributed by atoms with E-state index in [1.807, 2.05) is 0 Å². The fourth-order valence-corrected chi connectivity index (χ4v) is 1.82. The summed E-state index contributed by atoms with van der Waals surface area (Å²) in [5.41, 5.74) is 0. The van der Waals surface area contributed by atoms with Gasteiger partial charge in [0.25, 0.3) is 0 Å². The van der Waals surface area contributed by atoms with Crippen LogP contribution in [0.15, 0.2) is 4.52 Å². The Labute approximate surface area is 103 Å². The molecule has 1 saturated heterocycles. The van der Waals surface area contributed by atoms with E-state index in [0.717, 1.165) is 0 Å². The van der Waals surface area contributed by atoms with Gasteiger partial charge in [0.15, 0.2) is 5.82 Å². The van der Waals surface area contributed by atoms with Crippen molar-refractivity contribution in [2.75, 3.05) is 13.1 Å². The molecule has 8 nitrogen and oxygen atoms in total. The Morgan fingerprint density at radius 1 is 1.61 bits per heavy atom. The molecule has 0 radical (unpaired) electrons. The molecule has 8 heteroatoms. The third kappa shape index (κ3) is 2.76. The molecule has 1 atom stereocenters. The highest BCUT2D eigenvalue weighted by molar-refractivity contribution is 5.77. The van der Waals surface area contributed by atoms with Gasteiger partial charge in [-0.25, -0.2) is 4.79 Å². The second-order valence-corrected chi connectivity index (χ2v) is 4.16. The predicted molar refractivity (Wildman–Crippen MR) is 58.6 cm³/mol. The summed E-state index contributed by atoms with van der Waals surface area (Å²) in [6.07, 6.45) is 0.489. The van der Waals surface area contributed by atoms with Crippen LogP contribution in [0.5, 0.6) is 0 Å². The lowest BCUT2D eigenvalue weighted by Gasteiger charge is -2.15. The summed E-state index contributed by atoms with van der Waals surface area (Å²) in [7, 11) is 0. The number of carbonyl (C=O) groups excluding carboxylic acids is 1. The highest BCUT2D eigenvalue weighted by Crippen LogP contribution is 2.16. The summed E-state index contributed by atoms with van der Waals surface area (Å²) in [6.45, 7) is 2.52. The third-order valence-corrected chi connectivity index (χ3v) is 2.79. The standard InChI is InChI=1S/C10H14N4O4/c1-6-12-8(18-13-6)4-11-10(17)14-3-2-7(5-14)9(15)16/h7H,2-5H2,1H3,(H,11,17)(H,15,16). The van der Waals surface area contributed by atoms with Crippen molar-refractivity contribution in [3.63, 3.8) is 0 Å². The first-order valence-corrected chi connectivity index (χ1v) is 5.61. The largest absolute Gasteiger partial charge is 0.481 e. The van der Waals surface area contributed by atoms with Crippen LogP contribution < -0.4 is 5.32 Å². The Bertz CT molecular complexity index is 458. The van der Waals surface area contributed by atoms with Crippen molar-refractivity contribution < 1.29 is 19.2 Å². The van der Waals surface area contributed by atoms with Gasteiger partial charge in [-0.2, -0.15) is 4.98 Å². The summed E-state index contributed by atoms with van der Waals surface area (Å²) in [6, 6.07) is -0.311. The van der Waals surface area contributed by atoms with Crippen LogP contribution in [0.4, 0.5) is 4.79 Å². The molecule has 0 aromatic carbocycles. The number of carboxylic acids is 1. The minimum absolute atomic E-state index is 0.147. The van der Waals surface area contributed by atoms with Gasteiger partial charge in [-0.05, 0) is 13.3 Å². The fraction of sp³-hybridized carbons (Fsp3) is 0.600. The van der Waals surface area contributed by atoms with Crippen LogP contribution in [0.1, 0.15) is 18.1 Å². The number of nitrogens with one attached hydrogen (secondary N) is 1. The van der Waals surface area contributed by atoms with Gasteiger partial charge in [0.05, 0.1) is 12.5 Å². The normalized spacial score (nSPS) is 18.9. The van der Waals surface area contributed by atoms with Crippen molar-refractivity contribution in [2.45, 2.75) is 19.9 Å². The maximum Gasteiger partial charge on any atom is 0.317 e. The number of hydrogen-bond acceptors (Lipinski definition) is 5. The zero-order chi connectivity index (χ0) is 13.1. The van der Waals surface area contributed by atoms with Gasteiger partial charge in [-0.15, -0.1) is 0 Å². The summed E-state index contributed by atoms with van der Waals surface area (Å²) >= 11 is 0. The van der Waals surface area contributed by atoms with Gasteiger partial charge in [0.1, 0.15) is 0 Å². The molecule has 2 N–H and O–H groups in total. The van der Waals surface area contributed by atoms with E-state index < -0.39 is 11.9 Å². The van der Waals surface area contributed by atoms with E-state index >= 15 is 0 Å². The fourth-order valence-electron chi connectivity index (χ4n) is 1.82. The van der Waals surface area contributed by atoms with Crippen LogP contribution in [0, 0.1) is 12.8 Å². The van der Waals surface area contributed by atoms with Crippen LogP contribution >= 0.6 is 0 Å². The molecular formula is C10H14N4O4. The minimum atomic E-state index is -0.863. The Morgan fingerprint density at radius 2 is 2.39 bits per heavy atom. The van der Waals surface area contributed by atoms with Gasteiger partial charge in [-0.3, -0.25) is 4.79 Å². The first kappa shape index (κ1) is 12.3. The molecule has 18 heavy (non-hydrogen) atoms. The van der Waals surface area contributed by atoms with Gasteiger partial charge >= 0.3 is 12.0 Å². The maximum atomic E-state index is 11.7. The molecule has 1 aromatic heterocycles. The van der Waals surface area contributed by atoms with Crippen LogP contribution in [0.25, 0.3) is 0 Å². The number of carboxylic acid groups (broad SMARTS) is 1. The third-order valence-electron chi connectivity index (χ3n) is 2.79. The lowest BCUT2D eigenvalue weighted by atomic mass is 10.1. The molecule has 1 aliphatic rings. The van der Waals surface area contributed by atoms with Gasteiger partial charge in [0.2, 0.25) is 5.89 Å². The topological polar surface area (TPSA) is 109 Å². The first-order chi connectivity index (χ1) is 8.56. The molecule has 1 unspecified atom stereocenters. The summed E-state index contributed by atoms with van der Waals surface area (Å²) in [5.74, 6) is -0.500. The Hall–Kier alpha value is -2.12. The number of amides is 2. The maximum absolute atomic E-state index is 11.7. The Morgan fingerprint density at radius 3 is 2.94 bits per heavy atom. The van der Waals surface area contributed by atoms with Gasteiger partial charge in [-0.1, -0.05) is 5.16 Å². The van der Waals surface area contributed by atoms with Crippen molar-refractivity contribution >= 4 is 12.0 Å². The zero-order valence-corrected chi connectivity index (χ0v) is 9.92. The average molecular weight is 254 g/mol. The van der Waals surface area contributed by atoms with Crippen LogP contribution in [0.2, 0.25) is 0 Å². The molecule has 1 aromatic rings. The van der Waals surface area contributed by atoms with E-state index in [-0.39, 0.29) is 19.1 Å². The predicted octanol–water partition coefficient (Wildman–Crippen LogP) is -0.00588. The van der Waals surface area contributed by atoms with Gasteiger partial charge < -0.3 is 19.8 Å². The summed E-state index contributed by atoms with van der Waals surface area (Å²) in [4.78, 5) is 27.9. The van der Waals surface area contributed by atoms with Crippen LogP contribution in [-0.2, 0) is 11.3 Å². The quantitative estimate of drug-likeness (QED) is 0.785. The molecule has 1 aliphatic heterocycles. The van der Waals surface area contributed by atoms with Crippen molar-refractivity contribution in [3.05, 3.63) is 11.7 Å². The van der Waals surface area contributed by atoms with Crippen molar-refractivity contribution in [1.82, 2.24) is 20.4 Å². The minimum Gasteiger partial charge on any atom is -0.481 e. The molecular weight excluding hydrogens is 240 g/mol. The van der Waals surface area contributed by atoms with E-state index in [0.29, 0.717) is 24.7 Å². The van der Waals surface area contributed by atoms with Crippen LogP contribution in [0.3, 0.4) is 0 Å². The number of urea groups is 1. The van der Waals surface area contributed by atoms with Crippen molar-refractivity contribution in [1.29, 1.82) is 0 Å². The zero-order valence-electron chi connectivity index (χ0n) is 9.92. The monoisotopic (exact) mass is 254 g/mol. The van der Waals surface area contributed by atoms with Gasteiger partial charge in [0, 0.05) is 13.1 Å². The van der Waals surface area contributed by atoms with E-state index in [1.54, 1.807) is 6.92 Å². The molecule has 0 spiro atoms. The average Bonchev–Trinajstić information content (AvgIpc) is 2.94. The number of rotatable bonds is 3. The van der Waals surface area contributed by atoms with Crippen molar-refractivity contribution in [2.24, 2.45) is 5.92 Å². The second-order valence-electron chi connectivity index (χ2n) is 4.16. The lowest BCUT2D eigenvalue weighted by Crippen LogP contribution is -2.38.